The number of likely N-dealkylation sites (N-methyl/N-ethyl adjacent to an activating group) is 1. The second-order valence-electron chi connectivity index (χ2n) is 5.34. The molecule has 1 saturated heterocycles. The van der Waals surface area contributed by atoms with Gasteiger partial charge < -0.3 is 9.64 Å². The molecule has 0 bridgehead atoms. The molecule has 0 radical (unpaired) electrons. The fourth-order valence-electron chi connectivity index (χ4n) is 2.35. The molecule has 0 aromatic heterocycles. The van der Waals surface area contributed by atoms with Crippen LogP contribution < -0.4 is 4.74 Å². The molecule has 5 nitrogen and oxygen atoms in total. The van der Waals surface area contributed by atoms with Crippen LogP contribution >= 0.6 is 0 Å². The summed E-state index contributed by atoms with van der Waals surface area (Å²) in [6.07, 6.45) is -4.26. The van der Waals surface area contributed by atoms with Crippen LogP contribution in [0.25, 0.3) is 0 Å². The molecule has 1 aliphatic heterocycles. The third kappa shape index (κ3) is 4.37. The summed E-state index contributed by atoms with van der Waals surface area (Å²) in [5.74, 6) is -1.12. The molecule has 1 aromatic carbocycles. The zero-order valence-corrected chi connectivity index (χ0v) is 13.2. The van der Waals surface area contributed by atoms with Gasteiger partial charge >= 0.3 is 6.18 Å². The summed E-state index contributed by atoms with van der Waals surface area (Å²) >= 11 is 0. The molecule has 0 spiro atoms. The molecule has 23 heavy (non-hydrogen) atoms. The number of sulfone groups is 1. The molecule has 1 fully saturated rings. The largest absolute Gasteiger partial charge is 0.483 e. The Kier molecular flexibility index (Phi) is 4.88. The summed E-state index contributed by atoms with van der Waals surface area (Å²) < 4.78 is 66.3. The van der Waals surface area contributed by atoms with Crippen molar-refractivity contribution in [1.29, 1.82) is 0 Å². The van der Waals surface area contributed by atoms with Crippen LogP contribution in [0.4, 0.5) is 13.2 Å². The maximum Gasteiger partial charge on any atom is 0.419 e. The first-order valence-corrected chi connectivity index (χ1v) is 8.67. The predicted molar refractivity (Wildman–Crippen MR) is 76.8 cm³/mol. The van der Waals surface area contributed by atoms with Crippen LogP contribution in [0.2, 0.25) is 0 Å². The van der Waals surface area contributed by atoms with Gasteiger partial charge in [-0.1, -0.05) is 12.1 Å². The van der Waals surface area contributed by atoms with E-state index in [0.29, 0.717) is 6.42 Å². The van der Waals surface area contributed by atoms with Crippen molar-refractivity contribution in [3.05, 3.63) is 29.8 Å². The molecule has 1 aromatic rings. The van der Waals surface area contributed by atoms with Crippen LogP contribution in [0.3, 0.4) is 0 Å². The molecule has 1 unspecified atom stereocenters. The first kappa shape index (κ1) is 17.6. The number of amides is 1. The number of hydrogen-bond acceptors (Lipinski definition) is 4. The highest BCUT2D eigenvalue weighted by atomic mass is 32.2. The third-order valence-electron chi connectivity index (χ3n) is 3.69. The van der Waals surface area contributed by atoms with Gasteiger partial charge in [0.25, 0.3) is 5.91 Å². The summed E-state index contributed by atoms with van der Waals surface area (Å²) in [5.41, 5.74) is -0.959. The molecule has 9 heteroatoms. The second kappa shape index (κ2) is 6.38. The van der Waals surface area contributed by atoms with E-state index < -0.39 is 45.9 Å². The SMILES string of the molecule is CN(C(=O)COc1ccccc1C(F)(F)F)C1CCS(=O)(=O)C1. The molecule has 0 saturated carbocycles. The van der Waals surface area contributed by atoms with Gasteiger partial charge in [0.15, 0.2) is 16.4 Å². The van der Waals surface area contributed by atoms with Crippen LogP contribution in [0.15, 0.2) is 24.3 Å². The number of ether oxygens (including phenoxy) is 1. The zero-order valence-electron chi connectivity index (χ0n) is 12.3. The monoisotopic (exact) mass is 351 g/mol. The van der Waals surface area contributed by atoms with Crippen molar-refractivity contribution in [2.75, 3.05) is 25.2 Å². The average Bonchev–Trinajstić information content (AvgIpc) is 2.83. The van der Waals surface area contributed by atoms with Gasteiger partial charge in [0.1, 0.15) is 5.75 Å². The number of nitrogens with zero attached hydrogens (tertiary/aromatic N) is 1. The molecule has 0 aliphatic carbocycles. The highest BCUT2D eigenvalue weighted by Crippen LogP contribution is 2.35. The maximum atomic E-state index is 12.8. The van der Waals surface area contributed by atoms with Crippen LogP contribution in [-0.4, -0.2) is 50.4 Å². The summed E-state index contributed by atoms with van der Waals surface area (Å²) in [5, 5.41) is 0. The Morgan fingerprint density at radius 3 is 2.57 bits per heavy atom. The molecular weight excluding hydrogens is 335 g/mol. The Bertz CT molecular complexity index is 688. The number of rotatable bonds is 4. The highest BCUT2D eigenvalue weighted by Gasteiger charge is 2.35. The van der Waals surface area contributed by atoms with E-state index in [9.17, 15) is 26.4 Å². The van der Waals surface area contributed by atoms with E-state index in [1.165, 1.54) is 24.1 Å². The lowest BCUT2D eigenvalue weighted by Crippen LogP contribution is -2.40. The number of alkyl halides is 3. The van der Waals surface area contributed by atoms with Crippen LogP contribution in [0.1, 0.15) is 12.0 Å². The number of para-hydroxylation sites is 1. The van der Waals surface area contributed by atoms with Gasteiger partial charge in [0, 0.05) is 13.1 Å². The molecule has 1 heterocycles. The van der Waals surface area contributed by atoms with E-state index in [0.717, 1.165) is 12.1 Å². The standard InChI is InChI=1S/C14H16F3NO4S/c1-18(10-6-7-23(20,21)9-10)13(19)8-22-12-5-3-2-4-11(12)14(15,16)17/h2-5,10H,6-9H2,1H3. The Labute approximate surface area is 132 Å². The topological polar surface area (TPSA) is 63.7 Å². The number of halogens is 3. The summed E-state index contributed by atoms with van der Waals surface area (Å²) in [7, 11) is -1.73. The van der Waals surface area contributed by atoms with Crippen molar-refractivity contribution in [1.82, 2.24) is 4.90 Å². The number of carbonyl (C=O) groups is 1. The fraction of sp³-hybridized carbons (Fsp3) is 0.500. The first-order valence-electron chi connectivity index (χ1n) is 6.85. The fourth-order valence-corrected chi connectivity index (χ4v) is 4.13. The van der Waals surface area contributed by atoms with Gasteiger partial charge in [-0.15, -0.1) is 0 Å². The van der Waals surface area contributed by atoms with Gasteiger partial charge in [-0.05, 0) is 18.6 Å². The van der Waals surface area contributed by atoms with Gasteiger partial charge in [0.2, 0.25) is 0 Å². The molecule has 1 atom stereocenters. The van der Waals surface area contributed by atoms with Crippen LogP contribution in [0.5, 0.6) is 5.75 Å². The van der Waals surface area contributed by atoms with E-state index in [2.05, 4.69) is 0 Å². The van der Waals surface area contributed by atoms with Crippen molar-refractivity contribution in [3.63, 3.8) is 0 Å². The average molecular weight is 351 g/mol. The summed E-state index contributed by atoms with van der Waals surface area (Å²) in [6.45, 7) is -0.583. The van der Waals surface area contributed by atoms with Crippen molar-refractivity contribution in [2.45, 2.75) is 18.6 Å². The number of benzene rings is 1. The van der Waals surface area contributed by atoms with E-state index in [1.54, 1.807) is 0 Å². The van der Waals surface area contributed by atoms with Crippen molar-refractivity contribution in [3.8, 4) is 5.75 Å². The molecule has 1 amide bonds. The Morgan fingerprint density at radius 1 is 1.35 bits per heavy atom. The van der Waals surface area contributed by atoms with Crippen molar-refractivity contribution >= 4 is 15.7 Å². The molecule has 128 valence electrons. The minimum Gasteiger partial charge on any atom is -0.483 e. The molecule has 2 rings (SSSR count). The van der Waals surface area contributed by atoms with Crippen molar-refractivity contribution in [2.24, 2.45) is 0 Å². The lowest BCUT2D eigenvalue weighted by Gasteiger charge is -2.23. The second-order valence-corrected chi connectivity index (χ2v) is 7.57. The summed E-state index contributed by atoms with van der Waals surface area (Å²) in [4.78, 5) is 13.2. The van der Waals surface area contributed by atoms with Gasteiger partial charge in [-0.2, -0.15) is 13.2 Å². The Morgan fingerprint density at radius 2 is 2.00 bits per heavy atom. The highest BCUT2D eigenvalue weighted by molar-refractivity contribution is 7.91. The van der Waals surface area contributed by atoms with Crippen molar-refractivity contribution < 1.29 is 31.1 Å². The van der Waals surface area contributed by atoms with Gasteiger partial charge in [-0.25, -0.2) is 8.42 Å². The first-order chi connectivity index (χ1) is 10.6. The summed E-state index contributed by atoms with van der Waals surface area (Å²) in [6, 6.07) is 4.15. The van der Waals surface area contributed by atoms with Crippen LogP contribution in [-0.2, 0) is 20.8 Å². The van der Waals surface area contributed by atoms with Gasteiger partial charge in [0.05, 0.1) is 17.1 Å². The van der Waals surface area contributed by atoms with E-state index in [4.69, 9.17) is 4.74 Å². The quantitative estimate of drug-likeness (QED) is 0.829. The van der Waals surface area contributed by atoms with E-state index in [1.807, 2.05) is 0 Å². The smallest absolute Gasteiger partial charge is 0.419 e. The Hall–Kier alpha value is -1.77. The lowest BCUT2D eigenvalue weighted by atomic mass is 10.2. The van der Waals surface area contributed by atoms with Crippen LogP contribution in [0, 0.1) is 0 Å². The number of hydrogen-bond donors (Lipinski definition) is 0. The maximum absolute atomic E-state index is 12.8. The van der Waals surface area contributed by atoms with E-state index in [-0.39, 0.29) is 11.5 Å². The predicted octanol–water partition coefficient (Wildman–Crippen LogP) is 1.73. The van der Waals surface area contributed by atoms with E-state index >= 15 is 0 Å². The zero-order chi connectivity index (χ0) is 17.3. The Balaban J connectivity index is 2.00. The minimum atomic E-state index is -4.58. The molecule has 0 N–H and O–H groups in total. The normalized spacial score (nSPS) is 20.3. The van der Waals surface area contributed by atoms with Gasteiger partial charge in [-0.3, -0.25) is 4.79 Å². The number of carbonyl (C=O) groups excluding carboxylic acids is 1. The third-order valence-corrected chi connectivity index (χ3v) is 5.44. The minimum absolute atomic E-state index is 0.00699. The lowest BCUT2D eigenvalue weighted by molar-refractivity contribution is -0.141. The molecular formula is C14H16F3NO4S. The molecule has 1 aliphatic rings.